The van der Waals surface area contributed by atoms with Gasteiger partial charge in [-0.15, -0.1) is 0 Å². The van der Waals surface area contributed by atoms with Crippen LogP contribution in [0.3, 0.4) is 0 Å². The van der Waals surface area contributed by atoms with E-state index in [0.29, 0.717) is 10.5 Å². The number of nitrogens with zero attached hydrogens (tertiary/aromatic N) is 1. The van der Waals surface area contributed by atoms with Gasteiger partial charge in [-0.1, -0.05) is 17.1 Å². The van der Waals surface area contributed by atoms with E-state index in [1.807, 2.05) is 0 Å². The molecule has 0 saturated carbocycles. The zero-order valence-electron chi connectivity index (χ0n) is 4.13. The first kappa shape index (κ1) is 5.64. The molecule has 0 bridgehead atoms. The summed E-state index contributed by atoms with van der Waals surface area (Å²) in [6, 6.07) is 1.65. The third-order valence-corrected chi connectivity index (χ3v) is 0.933. The fourth-order valence-electron chi connectivity index (χ4n) is 0.428. The molecule has 1 heterocycles. The van der Waals surface area contributed by atoms with Crippen molar-refractivity contribution in [2.24, 2.45) is 0 Å². The monoisotopic (exact) mass is 123 g/mol. The second kappa shape index (κ2) is 2.18. The van der Waals surface area contributed by atoms with Crippen LogP contribution in [0.15, 0.2) is 18.5 Å². The molecule has 2 radical (unpaired) electrons. The van der Waals surface area contributed by atoms with Crippen molar-refractivity contribution in [1.82, 2.24) is 4.98 Å². The molecule has 0 atom stereocenters. The lowest BCUT2D eigenvalue weighted by molar-refractivity contribution is 1.35. The van der Waals surface area contributed by atoms with Crippen LogP contribution < -0.4 is 5.46 Å². The molecule has 0 N–H and O–H groups in total. The van der Waals surface area contributed by atoms with Crippen molar-refractivity contribution in [3.8, 4) is 0 Å². The number of hydrogen-bond acceptors (Lipinski definition) is 1. The Bertz CT molecular complexity index is 172. The van der Waals surface area contributed by atoms with Crippen LogP contribution >= 0.6 is 11.6 Å². The summed E-state index contributed by atoms with van der Waals surface area (Å²) in [6.07, 6.45) is 3.09. The lowest BCUT2D eigenvalue weighted by atomic mass is 9.99. The smallest absolute Gasteiger partial charge is 0.116 e. The van der Waals surface area contributed by atoms with Crippen LogP contribution in [0.5, 0.6) is 0 Å². The van der Waals surface area contributed by atoms with Gasteiger partial charge in [0.05, 0.1) is 5.02 Å². The quantitative estimate of drug-likeness (QED) is 0.459. The molecule has 1 rings (SSSR count). The van der Waals surface area contributed by atoms with Gasteiger partial charge in [0.1, 0.15) is 7.85 Å². The summed E-state index contributed by atoms with van der Waals surface area (Å²) in [4.78, 5) is 3.73. The summed E-state index contributed by atoms with van der Waals surface area (Å²) >= 11 is 5.50. The first-order valence-corrected chi connectivity index (χ1v) is 2.53. The summed E-state index contributed by atoms with van der Waals surface area (Å²) in [7, 11) is 5.31. The molecule has 0 aliphatic carbocycles. The summed E-state index contributed by atoms with van der Waals surface area (Å²) in [6.45, 7) is 0. The number of hydrogen-bond donors (Lipinski definition) is 0. The molecule has 0 spiro atoms. The molecular weight excluding hydrogens is 120 g/mol. The van der Waals surface area contributed by atoms with E-state index in [9.17, 15) is 0 Å². The van der Waals surface area contributed by atoms with Crippen LogP contribution in [-0.4, -0.2) is 12.8 Å². The highest BCUT2D eigenvalue weighted by molar-refractivity contribution is 6.35. The van der Waals surface area contributed by atoms with Crippen LogP contribution in [0.4, 0.5) is 0 Å². The van der Waals surface area contributed by atoms with Gasteiger partial charge in [0, 0.05) is 12.4 Å². The van der Waals surface area contributed by atoms with Gasteiger partial charge in [-0.25, -0.2) is 0 Å². The van der Waals surface area contributed by atoms with Gasteiger partial charge in [-0.2, -0.15) is 0 Å². The predicted octanol–water partition coefficient (Wildman–Crippen LogP) is 0.529. The molecule has 0 aromatic carbocycles. The van der Waals surface area contributed by atoms with Gasteiger partial charge >= 0.3 is 0 Å². The second-order valence-electron chi connectivity index (χ2n) is 1.44. The van der Waals surface area contributed by atoms with E-state index >= 15 is 0 Å². The van der Waals surface area contributed by atoms with Crippen molar-refractivity contribution in [1.29, 1.82) is 0 Å². The average molecular weight is 123 g/mol. The van der Waals surface area contributed by atoms with E-state index in [2.05, 4.69) is 4.98 Å². The molecule has 0 saturated heterocycles. The molecular formula is C5H3BClN. The van der Waals surface area contributed by atoms with E-state index in [0.717, 1.165) is 0 Å². The molecule has 0 aliphatic heterocycles. The first-order chi connectivity index (χ1) is 3.79. The highest BCUT2D eigenvalue weighted by Gasteiger charge is 1.83. The molecule has 3 heteroatoms. The summed E-state index contributed by atoms with van der Waals surface area (Å²) in [5, 5.41) is 0.574. The topological polar surface area (TPSA) is 12.9 Å². The molecule has 38 valence electrons. The van der Waals surface area contributed by atoms with Crippen molar-refractivity contribution in [2.75, 3.05) is 0 Å². The Kier molecular flexibility index (Phi) is 1.54. The first-order valence-electron chi connectivity index (χ1n) is 2.15. The van der Waals surface area contributed by atoms with E-state index in [1.54, 1.807) is 12.3 Å². The lowest BCUT2D eigenvalue weighted by Gasteiger charge is -1.88. The minimum atomic E-state index is 0.574. The Morgan fingerprint density at radius 3 is 2.62 bits per heavy atom. The SMILES string of the molecule is [B]c1cncc(Cl)c1. The maximum Gasteiger partial charge on any atom is 0.116 e. The van der Waals surface area contributed by atoms with Gasteiger partial charge in [0.25, 0.3) is 0 Å². The highest BCUT2D eigenvalue weighted by atomic mass is 35.5. The van der Waals surface area contributed by atoms with E-state index in [4.69, 9.17) is 19.4 Å². The summed E-state index contributed by atoms with van der Waals surface area (Å²) in [5.41, 5.74) is 0.595. The van der Waals surface area contributed by atoms with Crippen LogP contribution in [0, 0.1) is 0 Å². The zero-order valence-corrected chi connectivity index (χ0v) is 4.89. The van der Waals surface area contributed by atoms with Crippen molar-refractivity contribution in [3.63, 3.8) is 0 Å². The maximum absolute atomic E-state index is 5.50. The van der Waals surface area contributed by atoms with Gasteiger partial charge < -0.3 is 0 Å². The Morgan fingerprint density at radius 1 is 1.50 bits per heavy atom. The maximum atomic E-state index is 5.50. The van der Waals surface area contributed by atoms with Crippen LogP contribution in [0.25, 0.3) is 0 Å². The molecule has 0 amide bonds. The second-order valence-corrected chi connectivity index (χ2v) is 1.87. The summed E-state index contributed by atoms with van der Waals surface area (Å²) in [5.74, 6) is 0. The third-order valence-electron chi connectivity index (χ3n) is 0.726. The molecule has 1 nitrogen and oxygen atoms in total. The Balaban J connectivity index is 3.08. The van der Waals surface area contributed by atoms with Crippen LogP contribution in [0.2, 0.25) is 5.02 Å². The van der Waals surface area contributed by atoms with Gasteiger partial charge in [0.2, 0.25) is 0 Å². The fourth-order valence-corrected chi connectivity index (χ4v) is 0.611. The molecule has 0 unspecified atom stereocenters. The number of aromatic nitrogens is 1. The molecule has 8 heavy (non-hydrogen) atoms. The summed E-state index contributed by atoms with van der Waals surface area (Å²) < 4.78 is 0. The third kappa shape index (κ3) is 1.24. The largest absolute Gasteiger partial charge is 0.264 e. The van der Waals surface area contributed by atoms with E-state index in [-0.39, 0.29) is 0 Å². The zero-order chi connectivity index (χ0) is 5.98. The van der Waals surface area contributed by atoms with E-state index < -0.39 is 0 Å². The molecule has 0 aliphatic rings. The lowest BCUT2D eigenvalue weighted by Crippen LogP contribution is -2.00. The molecule has 1 aromatic heterocycles. The Labute approximate surface area is 54.1 Å². The van der Waals surface area contributed by atoms with Crippen LogP contribution in [-0.2, 0) is 0 Å². The minimum Gasteiger partial charge on any atom is -0.264 e. The van der Waals surface area contributed by atoms with Gasteiger partial charge in [-0.3, -0.25) is 4.98 Å². The molecule has 1 aromatic rings. The molecule has 0 fully saturated rings. The fraction of sp³-hybridized carbons (Fsp3) is 0. The van der Waals surface area contributed by atoms with Gasteiger partial charge in [0.15, 0.2) is 0 Å². The highest BCUT2D eigenvalue weighted by Crippen LogP contribution is 1.99. The Morgan fingerprint density at radius 2 is 2.25 bits per heavy atom. The van der Waals surface area contributed by atoms with Gasteiger partial charge in [-0.05, 0) is 6.07 Å². The number of pyridine rings is 1. The van der Waals surface area contributed by atoms with Crippen LogP contribution in [0.1, 0.15) is 0 Å². The van der Waals surface area contributed by atoms with Crippen molar-refractivity contribution in [3.05, 3.63) is 23.5 Å². The number of rotatable bonds is 0. The average Bonchev–Trinajstić information content (AvgIpc) is 1.64. The standard InChI is InChI=1S/C5H3BClN/c6-4-1-5(7)3-8-2-4/h1-3H. The minimum absolute atomic E-state index is 0.574. The van der Waals surface area contributed by atoms with Crippen molar-refractivity contribution >= 4 is 24.9 Å². The Hall–Kier alpha value is -0.495. The van der Waals surface area contributed by atoms with E-state index in [1.165, 1.54) is 6.20 Å². The number of halogens is 1. The predicted molar refractivity (Wildman–Crippen MR) is 34.6 cm³/mol. The van der Waals surface area contributed by atoms with Crippen molar-refractivity contribution in [2.45, 2.75) is 0 Å². The normalized spacial score (nSPS) is 9.12. The van der Waals surface area contributed by atoms with Crippen molar-refractivity contribution < 1.29 is 0 Å².